The SMILES string of the molecule is CC[C@H](N)c1cc([N+](=O)[O-])cc(OC)c1O. The molecule has 88 valence electrons. The number of hydrogen-bond acceptors (Lipinski definition) is 5. The Morgan fingerprint density at radius 1 is 1.62 bits per heavy atom. The molecule has 0 aliphatic rings. The molecule has 0 spiro atoms. The van der Waals surface area contributed by atoms with Crippen molar-refractivity contribution in [1.82, 2.24) is 0 Å². The number of phenols is 1. The van der Waals surface area contributed by atoms with Crippen LogP contribution in [0.4, 0.5) is 5.69 Å². The van der Waals surface area contributed by atoms with Crippen LogP contribution in [0.2, 0.25) is 0 Å². The molecule has 0 radical (unpaired) electrons. The summed E-state index contributed by atoms with van der Waals surface area (Å²) in [6, 6.07) is 1.99. The molecule has 1 atom stereocenters. The van der Waals surface area contributed by atoms with Crippen LogP contribution in [0.25, 0.3) is 0 Å². The first-order chi connectivity index (χ1) is 7.51. The zero-order valence-electron chi connectivity index (χ0n) is 9.14. The number of benzene rings is 1. The van der Waals surface area contributed by atoms with E-state index in [2.05, 4.69) is 0 Å². The van der Waals surface area contributed by atoms with Crippen LogP contribution in [-0.2, 0) is 0 Å². The molecular weight excluding hydrogens is 212 g/mol. The molecule has 16 heavy (non-hydrogen) atoms. The monoisotopic (exact) mass is 226 g/mol. The van der Waals surface area contributed by atoms with E-state index in [1.807, 2.05) is 6.92 Å². The van der Waals surface area contributed by atoms with Crippen LogP contribution in [0.5, 0.6) is 11.5 Å². The predicted molar refractivity (Wildman–Crippen MR) is 58.5 cm³/mol. The summed E-state index contributed by atoms with van der Waals surface area (Å²) < 4.78 is 4.86. The van der Waals surface area contributed by atoms with E-state index in [9.17, 15) is 15.2 Å². The summed E-state index contributed by atoms with van der Waals surface area (Å²) in [4.78, 5) is 10.1. The second kappa shape index (κ2) is 4.80. The predicted octanol–water partition coefficient (Wildman–Crippen LogP) is 1.72. The second-order valence-electron chi connectivity index (χ2n) is 3.36. The van der Waals surface area contributed by atoms with Gasteiger partial charge >= 0.3 is 0 Å². The van der Waals surface area contributed by atoms with Gasteiger partial charge in [-0.15, -0.1) is 0 Å². The van der Waals surface area contributed by atoms with Crippen LogP contribution in [0.15, 0.2) is 12.1 Å². The Balaban J connectivity index is 3.35. The highest BCUT2D eigenvalue weighted by atomic mass is 16.6. The van der Waals surface area contributed by atoms with E-state index in [0.29, 0.717) is 12.0 Å². The van der Waals surface area contributed by atoms with E-state index in [1.165, 1.54) is 19.2 Å². The minimum absolute atomic E-state index is 0.0631. The van der Waals surface area contributed by atoms with E-state index in [4.69, 9.17) is 10.5 Å². The molecule has 1 rings (SSSR count). The van der Waals surface area contributed by atoms with Crippen molar-refractivity contribution in [3.8, 4) is 11.5 Å². The first kappa shape index (κ1) is 12.3. The quantitative estimate of drug-likeness (QED) is 0.601. The van der Waals surface area contributed by atoms with Crippen molar-refractivity contribution in [2.75, 3.05) is 7.11 Å². The number of phenolic OH excluding ortho intramolecular Hbond substituents is 1. The van der Waals surface area contributed by atoms with Crippen molar-refractivity contribution >= 4 is 5.69 Å². The Morgan fingerprint density at radius 2 is 2.25 bits per heavy atom. The molecule has 1 aromatic carbocycles. The molecule has 0 fully saturated rings. The highest BCUT2D eigenvalue weighted by molar-refractivity contribution is 5.54. The number of rotatable bonds is 4. The lowest BCUT2D eigenvalue weighted by Gasteiger charge is -2.13. The van der Waals surface area contributed by atoms with Crippen molar-refractivity contribution in [3.05, 3.63) is 27.8 Å². The normalized spacial score (nSPS) is 12.2. The van der Waals surface area contributed by atoms with Gasteiger partial charge in [-0.25, -0.2) is 0 Å². The third-order valence-electron chi connectivity index (χ3n) is 2.36. The zero-order valence-corrected chi connectivity index (χ0v) is 9.14. The molecule has 6 heteroatoms. The van der Waals surface area contributed by atoms with Crippen molar-refractivity contribution in [1.29, 1.82) is 0 Å². The molecule has 0 aliphatic heterocycles. The Kier molecular flexibility index (Phi) is 3.68. The van der Waals surface area contributed by atoms with Gasteiger partial charge in [0.05, 0.1) is 18.1 Å². The fourth-order valence-electron chi connectivity index (χ4n) is 1.38. The Hall–Kier alpha value is -1.82. The van der Waals surface area contributed by atoms with Gasteiger partial charge in [-0.3, -0.25) is 10.1 Å². The smallest absolute Gasteiger partial charge is 0.273 e. The summed E-state index contributed by atoms with van der Waals surface area (Å²) >= 11 is 0. The van der Waals surface area contributed by atoms with Crippen LogP contribution in [-0.4, -0.2) is 17.1 Å². The van der Waals surface area contributed by atoms with E-state index >= 15 is 0 Å². The molecule has 0 aromatic heterocycles. The minimum atomic E-state index is -0.548. The van der Waals surface area contributed by atoms with Crippen molar-refractivity contribution in [3.63, 3.8) is 0 Å². The van der Waals surface area contributed by atoms with E-state index in [0.717, 1.165) is 0 Å². The van der Waals surface area contributed by atoms with Crippen LogP contribution >= 0.6 is 0 Å². The number of non-ortho nitro benzene ring substituents is 1. The second-order valence-corrected chi connectivity index (χ2v) is 3.36. The number of hydrogen-bond donors (Lipinski definition) is 2. The Labute approximate surface area is 92.8 Å². The highest BCUT2D eigenvalue weighted by Crippen LogP contribution is 2.37. The number of methoxy groups -OCH3 is 1. The van der Waals surface area contributed by atoms with E-state index in [1.54, 1.807) is 0 Å². The molecular formula is C10H14N2O4. The molecule has 0 amide bonds. The van der Waals surface area contributed by atoms with Crippen molar-refractivity contribution in [2.24, 2.45) is 5.73 Å². The van der Waals surface area contributed by atoms with Crippen molar-refractivity contribution < 1.29 is 14.8 Å². The summed E-state index contributed by atoms with van der Waals surface area (Å²) in [7, 11) is 1.33. The number of ether oxygens (including phenoxy) is 1. The lowest BCUT2D eigenvalue weighted by Crippen LogP contribution is -2.09. The molecule has 3 N–H and O–H groups in total. The fraction of sp³-hybridized carbons (Fsp3) is 0.400. The van der Waals surface area contributed by atoms with Crippen LogP contribution < -0.4 is 10.5 Å². The average Bonchev–Trinajstić information content (AvgIpc) is 2.28. The van der Waals surface area contributed by atoms with Crippen LogP contribution in [0.1, 0.15) is 24.9 Å². The number of aromatic hydroxyl groups is 1. The molecule has 0 aliphatic carbocycles. The number of nitro benzene ring substituents is 1. The maximum atomic E-state index is 10.7. The first-order valence-electron chi connectivity index (χ1n) is 4.82. The van der Waals surface area contributed by atoms with E-state index in [-0.39, 0.29) is 17.2 Å². The average molecular weight is 226 g/mol. The van der Waals surface area contributed by atoms with Gasteiger partial charge in [0.2, 0.25) is 0 Å². The van der Waals surface area contributed by atoms with Gasteiger partial charge in [0.15, 0.2) is 11.5 Å². The van der Waals surface area contributed by atoms with Crippen LogP contribution in [0.3, 0.4) is 0 Å². The Morgan fingerprint density at radius 3 is 2.69 bits per heavy atom. The highest BCUT2D eigenvalue weighted by Gasteiger charge is 2.19. The fourth-order valence-corrected chi connectivity index (χ4v) is 1.38. The largest absolute Gasteiger partial charge is 0.504 e. The maximum absolute atomic E-state index is 10.7. The maximum Gasteiger partial charge on any atom is 0.273 e. The van der Waals surface area contributed by atoms with Gasteiger partial charge in [-0.2, -0.15) is 0 Å². The topological polar surface area (TPSA) is 98.6 Å². The van der Waals surface area contributed by atoms with Gasteiger partial charge in [0, 0.05) is 17.7 Å². The standard InChI is InChI=1S/C10H14N2O4/c1-3-8(11)7-4-6(12(14)15)5-9(16-2)10(7)13/h4-5,8,13H,3,11H2,1-2H3/t8-/m0/s1. The van der Waals surface area contributed by atoms with Gasteiger partial charge in [0.25, 0.3) is 5.69 Å². The number of nitrogens with two attached hydrogens (primary N) is 1. The summed E-state index contributed by atoms with van der Waals surface area (Å²) in [5.41, 5.74) is 5.93. The third kappa shape index (κ3) is 2.22. The zero-order chi connectivity index (χ0) is 12.3. The molecule has 0 saturated carbocycles. The number of nitrogens with zero attached hydrogens (tertiary/aromatic N) is 1. The lowest BCUT2D eigenvalue weighted by atomic mass is 10.0. The molecule has 0 unspecified atom stereocenters. The Bertz CT molecular complexity index is 406. The van der Waals surface area contributed by atoms with Crippen molar-refractivity contribution in [2.45, 2.75) is 19.4 Å². The summed E-state index contributed by atoms with van der Waals surface area (Å²) in [5.74, 6) is -0.0736. The minimum Gasteiger partial charge on any atom is -0.504 e. The van der Waals surface area contributed by atoms with Gasteiger partial charge < -0.3 is 15.6 Å². The first-order valence-corrected chi connectivity index (χ1v) is 4.82. The van der Waals surface area contributed by atoms with Gasteiger partial charge in [0.1, 0.15) is 0 Å². The summed E-state index contributed by atoms with van der Waals surface area (Å²) in [6.45, 7) is 1.83. The molecule has 6 nitrogen and oxygen atoms in total. The summed E-state index contributed by atoms with van der Waals surface area (Å²) in [5, 5.41) is 20.4. The lowest BCUT2D eigenvalue weighted by molar-refractivity contribution is -0.385. The molecule has 0 heterocycles. The molecule has 0 bridgehead atoms. The van der Waals surface area contributed by atoms with Crippen LogP contribution in [0, 0.1) is 10.1 Å². The summed E-state index contributed by atoms with van der Waals surface area (Å²) in [6.07, 6.45) is 0.567. The van der Waals surface area contributed by atoms with Gasteiger partial charge in [-0.05, 0) is 6.42 Å². The van der Waals surface area contributed by atoms with E-state index < -0.39 is 11.0 Å². The molecule has 1 aromatic rings. The number of nitro groups is 1. The third-order valence-corrected chi connectivity index (χ3v) is 2.36. The van der Waals surface area contributed by atoms with Gasteiger partial charge in [-0.1, -0.05) is 6.92 Å². The molecule has 0 saturated heterocycles.